The minimum atomic E-state index is -1.67. The van der Waals surface area contributed by atoms with Gasteiger partial charge in [-0.05, 0) is 36.8 Å². The fourth-order valence-corrected chi connectivity index (χ4v) is 2.08. The second-order valence-electron chi connectivity index (χ2n) is 4.72. The van der Waals surface area contributed by atoms with E-state index in [2.05, 4.69) is 5.32 Å². The summed E-state index contributed by atoms with van der Waals surface area (Å²) in [5, 5.41) is 24.6. The van der Waals surface area contributed by atoms with Crippen LogP contribution in [0.5, 0.6) is 5.75 Å². The maximum atomic E-state index is 12.4. The quantitative estimate of drug-likeness (QED) is 0.801. The molecule has 1 N–H and O–H groups in total. The summed E-state index contributed by atoms with van der Waals surface area (Å²) in [5.41, 5.74) is -0.771. The molecule has 124 valence electrons. The Morgan fingerprint density at radius 1 is 1.00 bits per heavy atom. The SMILES string of the molecule is CCOc1ccccc1NC(=O)c1ccc(C(=O)[O-])cc1C(=O)[O-]. The number of carbonyl (C=O) groups is 3. The number of carbonyl (C=O) groups excluding carboxylic acids is 3. The Hall–Kier alpha value is -3.35. The van der Waals surface area contributed by atoms with Crippen LogP contribution in [0.2, 0.25) is 0 Å². The van der Waals surface area contributed by atoms with E-state index < -0.39 is 23.4 Å². The third-order valence-corrected chi connectivity index (χ3v) is 3.15. The number of nitrogens with one attached hydrogen (secondary N) is 1. The number of rotatable bonds is 6. The van der Waals surface area contributed by atoms with Gasteiger partial charge in [-0.2, -0.15) is 0 Å². The van der Waals surface area contributed by atoms with Crippen molar-refractivity contribution in [2.24, 2.45) is 0 Å². The van der Waals surface area contributed by atoms with Gasteiger partial charge in [-0.25, -0.2) is 0 Å². The predicted molar refractivity (Wildman–Crippen MR) is 80.7 cm³/mol. The van der Waals surface area contributed by atoms with Gasteiger partial charge in [0, 0.05) is 11.1 Å². The summed E-state index contributed by atoms with van der Waals surface area (Å²) in [6.45, 7) is 2.17. The van der Waals surface area contributed by atoms with Gasteiger partial charge in [0.25, 0.3) is 5.91 Å². The molecule has 0 atom stereocenters. The molecule has 0 saturated heterocycles. The topological polar surface area (TPSA) is 119 Å². The number of anilines is 1. The van der Waals surface area contributed by atoms with Crippen LogP contribution in [0.25, 0.3) is 0 Å². The van der Waals surface area contributed by atoms with E-state index in [0.29, 0.717) is 18.0 Å². The van der Waals surface area contributed by atoms with Gasteiger partial charge < -0.3 is 29.9 Å². The number of hydrogen-bond acceptors (Lipinski definition) is 6. The first-order valence-electron chi connectivity index (χ1n) is 7.04. The average Bonchev–Trinajstić information content (AvgIpc) is 2.56. The molecular weight excluding hydrogens is 314 g/mol. The zero-order chi connectivity index (χ0) is 17.7. The normalized spacial score (nSPS) is 10.0. The molecule has 7 heteroatoms. The van der Waals surface area contributed by atoms with Gasteiger partial charge >= 0.3 is 0 Å². The summed E-state index contributed by atoms with van der Waals surface area (Å²) < 4.78 is 5.37. The van der Waals surface area contributed by atoms with E-state index in [4.69, 9.17) is 4.74 Å². The molecule has 0 aromatic heterocycles. The molecular formula is C17H13NO6-2. The van der Waals surface area contributed by atoms with Crippen LogP contribution in [0.4, 0.5) is 5.69 Å². The fraction of sp³-hybridized carbons (Fsp3) is 0.118. The number of ether oxygens (including phenoxy) is 1. The summed E-state index contributed by atoms with van der Waals surface area (Å²) in [6, 6.07) is 9.65. The van der Waals surface area contributed by atoms with Crippen LogP contribution in [0.3, 0.4) is 0 Å². The van der Waals surface area contributed by atoms with Crippen LogP contribution < -0.4 is 20.3 Å². The minimum absolute atomic E-state index is 0.230. The zero-order valence-corrected chi connectivity index (χ0v) is 12.7. The van der Waals surface area contributed by atoms with Crippen molar-refractivity contribution in [2.75, 3.05) is 11.9 Å². The first-order valence-corrected chi connectivity index (χ1v) is 7.04. The maximum absolute atomic E-state index is 12.4. The molecule has 0 unspecified atom stereocenters. The Balaban J connectivity index is 2.37. The minimum Gasteiger partial charge on any atom is -0.545 e. The number of carboxylic acids is 2. The van der Waals surface area contributed by atoms with Crippen LogP contribution in [0.1, 0.15) is 38.0 Å². The van der Waals surface area contributed by atoms with Crippen LogP contribution in [-0.4, -0.2) is 24.5 Å². The van der Waals surface area contributed by atoms with Crippen LogP contribution in [0.15, 0.2) is 42.5 Å². The molecule has 24 heavy (non-hydrogen) atoms. The molecule has 0 aliphatic heterocycles. The van der Waals surface area contributed by atoms with Crippen LogP contribution in [0, 0.1) is 0 Å². The second kappa shape index (κ2) is 7.28. The highest BCUT2D eigenvalue weighted by atomic mass is 16.5. The predicted octanol–water partition coefficient (Wildman–Crippen LogP) is 0.0646. The van der Waals surface area contributed by atoms with Crippen molar-refractivity contribution in [1.29, 1.82) is 0 Å². The number of benzene rings is 2. The van der Waals surface area contributed by atoms with Crippen molar-refractivity contribution in [2.45, 2.75) is 6.92 Å². The lowest BCUT2D eigenvalue weighted by Crippen LogP contribution is -2.28. The molecule has 2 rings (SSSR count). The first-order chi connectivity index (χ1) is 11.4. The van der Waals surface area contributed by atoms with Gasteiger partial charge in [-0.15, -0.1) is 0 Å². The molecule has 0 spiro atoms. The average molecular weight is 327 g/mol. The summed E-state index contributed by atoms with van der Waals surface area (Å²) in [7, 11) is 0. The third-order valence-electron chi connectivity index (χ3n) is 3.15. The van der Waals surface area contributed by atoms with Gasteiger partial charge in [0.05, 0.1) is 24.2 Å². The van der Waals surface area contributed by atoms with Gasteiger partial charge in [-0.1, -0.05) is 18.2 Å². The van der Waals surface area contributed by atoms with E-state index in [1.165, 1.54) is 0 Å². The smallest absolute Gasteiger partial charge is 0.256 e. The van der Waals surface area contributed by atoms with E-state index >= 15 is 0 Å². The Labute approximate surface area is 137 Å². The molecule has 0 fully saturated rings. The summed E-state index contributed by atoms with van der Waals surface area (Å²) in [4.78, 5) is 34.4. The largest absolute Gasteiger partial charge is 0.545 e. The highest BCUT2D eigenvalue weighted by Gasteiger charge is 2.15. The Kier molecular flexibility index (Phi) is 5.16. The number of amides is 1. The summed E-state index contributed by atoms with van der Waals surface area (Å²) in [5.74, 6) is -3.52. The Bertz CT molecular complexity index is 799. The van der Waals surface area contributed by atoms with Crippen molar-refractivity contribution >= 4 is 23.5 Å². The molecule has 0 heterocycles. The third kappa shape index (κ3) is 3.70. The monoisotopic (exact) mass is 327 g/mol. The number of hydrogen-bond donors (Lipinski definition) is 1. The number of carboxylic acid groups (broad SMARTS) is 2. The van der Waals surface area contributed by atoms with Crippen LogP contribution in [-0.2, 0) is 0 Å². The maximum Gasteiger partial charge on any atom is 0.256 e. The molecule has 0 saturated carbocycles. The highest BCUT2D eigenvalue weighted by molar-refractivity contribution is 6.11. The van der Waals surface area contributed by atoms with E-state index in [1.807, 2.05) is 0 Å². The number of aromatic carboxylic acids is 2. The molecule has 0 aliphatic rings. The molecule has 0 radical (unpaired) electrons. The molecule has 2 aromatic carbocycles. The van der Waals surface area contributed by atoms with Crippen molar-refractivity contribution in [3.05, 3.63) is 59.2 Å². The fourth-order valence-electron chi connectivity index (χ4n) is 2.08. The summed E-state index contributed by atoms with van der Waals surface area (Å²) >= 11 is 0. The van der Waals surface area contributed by atoms with Crippen molar-refractivity contribution in [3.63, 3.8) is 0 Å². The molecule has 7 nitrogen and oxygen atoms in total. The second-order valence-corrected chi connectivity index (χ2v) is 4.72. The molecule has 2 aromatic rings. The molecule has 0 bridgehead atoms. The summed E-state index contributed by atoms with van der Waals surface area (Å²) in [6.07, 6.45) is 0. The molecule has 1 amide bonds. The van der Waals surface area contributed by atoms with Crippen molar-refractivity contribution < 1.29 is 29.3 Å². The van der Waals surface area contributed by atoms with E-state index in [0.717, 1.165) is 18.2 Å². The van der Waals surface area contributed by atoms with Gasteiger partial charge in [0.1, 0.15) is 5.75 Å². The Morgan fingerprint density at radius 3 is 2.33 bits per heavy atom. The highest BCUT2D eigenvalue weighted by Crippen LogP contribution is 2.25. The lowest BCUT2D eigenvalue weighted by Gasteiger charge is -2.15. The Morgan fingerprint density at radius 2 is 1.71 bits per heavy atom. The van der Waals surface area contributed by atoms with Crippen molar-refractivity contribution in [1.82, 2.24) is 0 Å². The van der Waals surface area contributed by atoms with Gasteiger partial charge in [0.2, 0.25) is 0 Å². The van der Waals surface area contributed by atoms with E-state index in [9.17, 15) is 24.6 Å². The first kappa shape index (κ1) is 17.0. The molecule has 0 aliphatic carbocycles. The van der Waals surface area contributed by atoms with Crippen LogP contribution >= 0.6 is 0 Å². The number of para-hydroxylation sites is 2. The standard InChI is InChI=1S/C17H15NO6/c1-2-24-14-6-4-3-5-13(14)18-15(19)11-8-7-10(16(20)21)9-12(11)17(22)23/h3-9H,2H2,1H3,(H,18,19)(H,20,21)(H,22,23)/p-2. The van der Waals surface area contributed by atoms with E-state index in [-0.39, 0.29) is 11.1 Å². The van der Waals surface area contributed by atoms with Gasteiger partial charge in [-0.3, -0.25) is 4.79 Å². The van der Waals surface area contributed by atoms with Gasteiger partial charge in [0.15, 0.2) is 0 Å². The van der Waals surface area contributed by atoms with Crippen molar-refractivity contribution in [3.8, 4) is 5.75 Å². The lowest BCUT2D eigenvalue weighted by molar-refractivity contribution is -0.255. The lowest BCUT2D eigenvalue weighted by atomic mass is 10.0. The zero-order valence-electron chi connectivity index (χ0n) is 12.7. The van der Waals surface area contributed by atoms with E-state index in [1.54, 1.807) is 31.2 Å².